The highest BCUT2D eigenvalue weighted by Gasteiger charge is 2.38. The van der Waals surface area contributed by atoms with Gasteiger partial charge < -0.3 is 5.32 Å². The van der Waals surface area contributed by atoms with E-state index in [9.17, 15) is 0 Å². The van der Waals surface area contributed by atoms with Crippen molar-refractivity contribution in [3.05, 3.63) is 22.7 Å². The molecule has 3 rings (SSSR count). The first-order valence-electron chi connectivity index (χ1n) is 7.55. The fraction of sp³-hybridized carbons (Fsp3) is 0.588. The predicted octanol–water partition coefficient (Wildman–Crippen LogP) is 6.08. The zero-order chi connectivity index (χ0) is 15.3. The maximum atomic E-state index is 4.74. The fourth-order valence-electron chi connectivity index (χ4n) is 4.09. The van der Waals surface area contributed by atoms with Gasteiger partial charge in [-0.15, -0.1) is 0 Å². The maximum absolute atomic E-state index is 4.74. The van der Waals surface area contributed by atoms with E-state index in [1.165, 1.54) is 24.0 Å². The topological polar surface area (TPSA) is 24.9 Å². The van der Waals surface area contributed by atoms with Crippen LogP contribution in [0.25, 0.3) is 10.2 Å². The lowest BCUT2D eigenvalue weighted by molar-refractivity contribution is 0.105. The molecule has 0 unspecified atom stereocenters. The Morgan fingerprint density at radius 2 is 1.86 bits per heavy atom. The molecule has 0 saturated heterocycles. The Kier molecular flexibility index (Phi) is 3.81. The highest BCUT2D eigenvalue weighted by Crippen LogP contribution is 2.46. The summed E-state index contributed by atoms with van der Waals surface area (Å²) in [6.07, 6.45) is 3.73. The molecule has 1 fully saturated rings. The minimum atomic E-state index is 0.402. The van der Waals surface area contributed by atoms with Crippen LogP contribution in [0, 0.1) is 10.8 Å². The predicted molar refractivity (Wildman–Crippen MR) is 96.1 cm³/mol. The number of fused-ring (bicyclic) bond motifs is 1. The first kappa shape index (κ1) is 15.3. The van der Waals surface area contributed by atoms with Gasteiger partial charge in [0, 0.05) is 10.5 Å². The lowest BCUT2D eigenvalue weighted by Crippen LogP contribution is -2.40. The van der Waals surface area contributed by atoms with Crippen LogP contribution in [0.1, 0.15) is 47.0 Å². The molecule has 2 nitrogen and oxygen atoms in total. The monoisotopic (exact) mass is 366 g/mol. The van der Waals surface area contributed by atoms with E-state index in [1.807, 2.05) is 0 Å². The Morgan fingerprint density at radius 1 is 1.19 bits per heavy atom. The Labute approximate surface area is 139 Å². The van der Waals surface area contributed by atoms with Crippen molar-refractivity contribution < 1.29 is 0 Å². The van der Waals surface area contributed by atoms with Crippen molar-refractivity contribution >= 4 is 42.6 Å². The standard InChI is InChI=1S/C17H23BrN2S/c1-16(2)8-12(9-17(3,4)10-16)19-15-20-13-7-11(18)5-6-14(13)21-15/h5-7,12H,8-10H2,1-4H3,(H,19,20). The number of halogens is 1. The SMILES string of the molecule is CC1(C)CC(Nc2nc3cc(Br)ccc3s2)CC(C)(C)C1. The molecule has 114 valence electrons. The zero-order valence-electron chi connectivity index (χ0n) is 13.2. The van der Waals surface area contributed by atoms with Crippen molar-refractivity contribution in [2.24, 2.45) is 10.8 Å². The van der Waals surface area contributed by atoms with Crippen LogP contribution in [0.15, 0.2) is 22.7 Å². The normalized spacial score (nSPS) is 21.6. The third-order valence-electron chi connectivity index (χ3n) is 4.23. The molecule has 1 aliphatic rings. The van der Waals surface area contributed by atoms with E-state index < -0.39 is 0 Å². The van der Waals surface area contributed by atoms with Crippen molar-refractivity contribution in [1.82, 2.24) is 4.98 Å². The highest BCUT2D eigenvalue weighted by molar-refractivity contribution is 9.10. The van der Waals surface area contributed by atoms with Gasteiger partial charge in [0.05, 0.1) is 10.2 Å². The number of anilines is 1. The van der Waals surface area contributed by atoms with Gasteiger partial charge in [0.1, 0.15) is 0 Å². The molecule has 0 aliphatic heterocycles. The molecule has 1 aromatic heterocycles. The van der Waals surface area contributed by atoms with Crippen LogP contribution >= 0.6 is 27.3 Å². The van der Waals surface area contributed by atoms with Crippen LogP contribution in [0.2, 0.25) is 0 Å². The minimum Gasteiger partial charge on any atom is -0.359 e. The van der Waals surface area contributed by atoms with E-state index in [-0.39, 0.29) is 0 Å². The quantitative estimate of drug-likeness (QED) is 0.696. The van der Waals surface area contributed by atoms with Crippen molar-refractivity contribution in [2.75, 3.05) is 5.32 Å². The number of thiazole rings is 1. The number of hydrogen-bond acceptors (Lipinski definition) is 3. The molecule has 1 N–H and O–H groups in total. The van der Waals surface area contributed by atoms with E-state index >= 15 is 0 Å². The smallest absolute Gasteiger partial charge is 0.184 e. The van der Waals surface area contributed by atoms with Crippen LogP contribution in [-0.4, -0.2) is 11.0 Å². The number of aromatic nitrogens is 1. The van der Waals surface area contributed by atoms with Crippen LogP contribution in [-0.2, 0) is 0 Å². The molecule has 1 aliphatic carbocycles. The van der Waals surface area contributed by atoms with Crippen molar-refractivity contribution in [3.8, 4) is 0 Å². The summed E-state index contributed by atoms with van der Waals surface area (Å²) in [5, 5.41) is 4.75. The molecule has 1 saturated carbocycles. The molecule has 21 heavy (non-hydrogen) atoms. The van der Waals surface area contributed by atoms with E-state index in [4.69, 9.17) is 4.98 Å². The summed E-state index contributed by atoms with van der Waals surface area (Å²) in [6, 6.07) is 6.83. The molecule has 0 amide bonds. The summed E-state index contributed by atoms with van der Waals surface area (Å²) in [5.41, 5.74) is 1.88. The third-order valence-corrected chi connectivity index (χ3v) is 5.69. The van der Waals surface area contributed by atoms with Crippen molar-refractivity contribution in [3.63, 3.8) is 0 Å². The second-order valence-corrected chi connectivity index (χ2v) is 9.83. The molecule has 1 aromatic carbocycles. The first-order valence-corrected chi connectivity index (χ1v) is 9.16. The molecular weight excluding hydrogens is 344 g/mol. The highest BCUT2D eigenvalue weighted by atomic mass is 79.9. The van der Waals surface area contributed by atoms with E-state index in [2.05, 4.69) is 67.1 Å². The van der Waals surface area contributed by atoms with E-state index in [1.54, 1.807) is 11.3 Å². The number of nitrogens with one attached hydrogen (secondary N) is 1. The first-order chi connectivity index (χ1) is 9.72. The second-order valence-electron chi connectivity index (χ2n) is 7.89. The van der Waals surface area contributed by atoms with E-state index in [0.717, 1.165) is 15.1 Å². The van der Waals surface area contributed by atoms with Gasteiger partial charge in [0.25, 0.3) is 0 Å². The van der Waals surface area contributed by atoms with Gasteiger partial charge in [-0.2, -0.15) is 0 Å². The fourth-order valence-corrected chi connectivity index (χ4v) is 5.36. The minimum absolute atomic E-state index is 0.402. The van der Waals surface area contributed by atoms with Gasteiger partial charge in [0.2, 0.25) is 0 Å². The molecule has 2 aromatic rings. The van der Waals surface area contributed by atoms with Gasteiger partial charge in [-0.1, -0.05) is 55.0 Å². The Bertz CT molecular complexity index is 644. The zero-order valence-corrected chi connectivity index (χ0v) is 15.6. The van der Waals surface area contributed by atoms with Gasteiger partial charge in [-0.05, 0) is 48.3 Å². The van der Waals surface area contributed by atoms with Crippen LogP contribution < -0.4 is 5.32 Å². The van der Waals surface area contributed by atoms with E-state index in [0.29, 0.717) is 16.9 Å². The molecule has 4 heteroatoms. The Hall–Kier alpha value is -0.610. The average molecular weight is 367 g/mol. The third kappa shape index (κ3) is 3.59. The van der Waals surface area contributed by atoms with Crippen LogP contribution in [0.3, 0.4) is 0 Å². The van der Waals surface area contributed by atoms with Gasteiger partial charge in [0.15, 0.2) is 5.13 Å². The molecule has 0 atom stereocenters. The van der Waals surface area contributed by atoms with Gasteiger partial charge in [-0.25, -0.2) is 4.98 Å². The largest absolute Gasteiger partial charge is 0.359 e. The summed E-state index contributed by atoms with van der Waals surface area (Å²) >= 11 is 5.27. The maximum Gasteiger partial charge on any atom is 0.184 e. The van der Waals surface area contributed by atoms with Crippen LogP contribution in [0.5, 0.6) is 0 Å². The summed E-state index contributed by atoms with van der Waals surface area (Å²) in [7, 11) is 0. The second kappa shape index (κ2) is 5.24. The summed E-state index contributed by atoms with van der Waals surface area (Å²) in [5.74, 6) is 0. The number of nitrogens with zero attached hydrogens (tertiary/aromatic N) is 1. The lowest BCUT2D eigenvalue weighted by atomic mass is 9.63. The molecule has 0 bridgehead atoms. The lowest BCUT2D eigenvalue weighted by Gasteiger charge is -2.45. The Balaban J connectivity index is 1.81. The molecule has 0 radical (unpaired) electrons. The number of benzene rings is 1. The van der Waals surface area contributed by atoms with Gasteiger partial charge >= 0.3 is 0 Å². The Morgan fingerprint density at radius 3 is 2.52 bits per heavy atom. The van der Waals surface area contributed by atoms with Crippen molar-refractivity contribution in [1.29, 1.82) is 0 Å². The number of hydrogen-bond donors (Lipinski definition) is 1. The van der Waals surface area contributed by atoms with Gasteiger partial charge in [-0.3, -0.25) is 0 Å². The molecule has 0 spiro atoms. The molecule has 1 heterocycles. The van der Waals surface area contributed by atoms with Crippen molar-refractivity contribution in [2.45, 2.75) is 53.0 Å². The summed E-state index contributed by atoms with van der Waals surface area (Å²) in [4.78, 5) is 4.74. The summed E-state index contributed by atoms with van der Waals surface area (Å²) < 4.78 is 2.34. The molecular formula is C17H23BrN2S. The average Bonchev–Trinajstić information content (AvgIpc) is 2.65. The number of rotatable bonds is 2. The summed E-state index contributed by atoms with van der Waals surface area (Å²) in [6.45, 7) is 9.55. The van der Waals surface area contributed by atoms with Crippen LogP contribution in [0.4, 0.5) is 5.13 Å².